The third kappa shape index (κ3) is 5.60. The molecule has 2 amide bonds. The van der Waals surface area contributed by atoms with E-state index in [2.05, 4.69) is 27.5 Å². The van der Waals surface area contributed by atoms with Crippen LogP contribution >= 0.6 is 0 Å². The van der Waals surface area contributed by atoms with Crippen LogP contribution in [0.4, 0.5) is 33.9 Å². The Balaban J connectivity index is 1.77. The Morgan fingerprint density at radius 2 is 2.00 bits per heavy atom. The van der Waals surface area contributed by atoms with Crippen molar-refractivity contribution in [2.45, 2.75) is 39.1 Å². The number of nitrogens with one attached hydrogen (secondary N) is 2. The maximum atomic E-state index is 13.7. The molecule has 2 aromatic heterocycles. The molecule has 0 spiro atoms. The molecule has 1 fully saturated rings. The normalized spacial score (nSPS) is 15.1. The molecule has 0 unspecified atom stereocenters. The molecule has 11 heteroatoms. The van der Waals surface area contributed by atoms with Gasteiger partial charge < -0.3 is 20.6 Å². The molecular weight excluding hydrogens is 418 g/mol. The second kappa shape index (κ2) is 9.46. The number of amides is 2. The van der Waals surface area contributed by atoms with E-state index >= 15 is 0 Å². The molecule has 0 radical (unpaired) electrons. The van der Waals surface area contributed by atoms with Crippen molar-refractivity contribution < 1.29 is 27.5 Å². The number of pyridine rings is 2. The molecule has 2 aromatic rings. The molecule has 1 aliphatic heterocycles. The van der Waals surface area contributed by atoms with Gasteiger partial charge in [0.05, 0.1) is 24.1 Å². The fourth-order valence-electron chi connectivity index (χ4n) is 3.41. The first kappa shape index (κ1) is 22.7. The van der Waals surface area contributed by atoms with E-state index in [1.165, 1.54) is 0 Å². The third-order valence-electron chi connectivity index (χ3n) is 5.17. The number of aliphatic hydroxyl groups excluding tert-OH is 1. The minimum Gasteiger partial charge on any atom is -0.390 e. The number of hydrogen-bond donors (Lipinski definition) is 3. The van der Waals surface area contributed by atoms with E-state index in [4.69, 9.17) is 5.11 Å². The Hall–Kier alpha value is -2.95. The molecule has 168 valence electrons. The number of alkyl halides is 3. The summed E-state index contributed by atoms with van der Waals surface area (Å²) in [6.45, 7) is 2.24. The lowest BCUT2D eigenvalue weighted by Crippen LogP contribution is -2.36. The van der Waals surface area contributed by atoms with E-state index in [1.807, 2.05) is 0 Å². The molecule has 7 nitrogen and oxygen atoms in total. The Morgan fingerprint density at radius 1 is 1.29 bits per heavy atom. The molecule has 0 aromatic carbocycles. The molecule has 0 atom stereocenters. The number of aromatic nitrogens is 2. The van der Waals surface area contributed by atoms with E-state index in [0.29, 0.717) is 19.0 Å². The summed E-state index contributed by atoms with van der Waals surface area (Å²) in [6, 6.07) is 1.02. The zero-order valence-corrected chi connectivity index (χ0v) is 16.8. The smallest absolute Gasteiger partial charge is 0.390 e. The van der Waals surface area contributed by atoms with Crippen LogP contribution in [-0.4, -0.2) is 34.2 Å². The highest BCUT2D eigenvalue weighted by Gasteiger charge is 2.36. The van der Waals surface area contributed by atoms with Gasteiger partial charge in [-0.3, -0.25) is 4.98 Å². The van der Waals surface area contributed by atoms with Crippen molar-refractivity contribution in [3.8, 4) is 0 Å². The highest BCUT2D eigenvalue weighted by molar-refractivity contribution is 5.89. The summed E-state index contributed by atoms with van der Waals surface area (Å²) < 4.78 is 54.5. The van der Waals surface area contributed by atoms with Crippen molar-refractivity contribution in [1.82, 2.24) is 15.3 Å². The second-order valence-corrected chi connectivity index (χ2v) is 7.45. The van der Waals surface area contributed by atoms with Crippen molar-refractivity contribution >= 4 is 17.5 Å². The van der Waals surface area contributed by atoms with Crippen LogP contribution in [0.1, 0.15) is 36.6 Å². The quantitative estimate of drug-likeness (QED) is 0.616. The Kier molecular flexibility index (Phi) is 6.94. The van der Waals surface area contributed by atoms with Gasteiger partial charge in [0.25, 0.3) is 0 Å². The van der Waals surface area contributed by atoms with Crippen LogP contribution in [-0.2, 0) is 19.3 Å². The number of carbonyl (C=O) groups excluding carboxylic acids is 1. The molecule has 3 N–H and O–H groups in total. The summed E-state index contributed by atoms with van der Waals surface area (Å²) in [5.41, 5.74) is -1.17. The van der Waals surface area contributed by atoms with Gasteiger partial charge in [0.15, 0.2) is 0 Å². The Morgan fingerprint density at radius 3 is 2.61 bits per heavy atom. The maximum Gasteiger partial charge on any atom is 0.416 e. The molecule has 0 aliphatic carbocycles. The van der Waals surface area contributed by atoms with E-state index in [0.717, 1.165) is 37.4 Å². The molecule has 1 saturated heterocycles. The van der Waals surface area contributed by atoms with Crippen molar-refractivity contribution in [3.63, 3.8) is 0 Å². The average molecular weight is 441 g/mol. The van der Waals surface area contributed by atoms with Crippen LogP contribution in [0.25, 0.3) is 0 Å². The summed E-state index contributed by atoms with van der Waals surface area (Å²) in [5, 5.41) is 13.6. The van der Waals surface area contributed by atoms with Crippen LogP contribution in [0.3, 0.4) is 0 Å². The molecule has 0 saturated carbocycles. The van der Waals surface area contributed by atoms with Gasteiger partial charge in [0, 0.05) is 37.5 Å². The summed E-state index contributed by atoms with van der Waals surface area (Å²) in [6.07, 6.45) is -0.667. The van der Waals surface area contributed by atoms with Gasteiger partial charge in [0.1, 0.15) is 17.3 Å². The zero-order chi connectivity index (χ0) is 22.6. The second-order valence-electron chi connectivity index (χ2n) is 7.45. The third-order valence-corrected chi connectivity index (χ3v) is 5.17. The monoisotopic (exact) mass is 441 g/mol. The Bertz CT molecular complexity index is 930. The van der Waals surface area contributed by atoms with Crippen LogP contribution in [0.2, 0.25) is 0 Å². The highest BCUT2D eigenvalue weighted by atomic mass is 19.4. The number of rotatable bonds is 5. The maximum absolute atomic E-state index is 13.7. The number of anilines is 2. The molecular formula is C20H23F4N5O2. The van der Waals surface area contributed by atoms with E-state index < -0.39 is 36.7 Å². The topological polar surface area (TPSA) is 90.4 Å². The number of urea groups is 1. The Labute approximate surface area is 176 Å². The van der Waals surface area contributed by atoms with Crippen LogP contribution in [0, 0.1) is 11.7 Å². The van der Waals surface area contributed by atoms with Crippen LogP contribution in [0.15, 0.2) is 24.5 Å². The highest BCUT2D eigenvalue weighted by Crippen LogP contribution is 2.36. The number of aliphatic hydroxyl groups is 1. The molecule has 0 bridgehead atoms. The summed E-state index contributed by atoms with van der Waals surface area (Å²) in [7, 11) is 0. The zero-order valence-electron chi connectivity index (χ0n) is 16.8. The standard InChI is InChI=1S/C20H23F4N5O2/c1-12-3-6-29(7-4-12)18-14(15(2-5-25-18)20(22,23)24)10-27-19(31)28-13-8-16(21)17(11-30)26-9-13/h2,5,8-9,12,30H,3-4,6-7,10-11H2,1H3,(H2,27,28,31). The first-order valence-electron chi connectivity index (χ1n) is 9.79. The van der Waals surface area contributed by atoms with E-state index in [-0.39, 0.29) is 22.8 Å². The minimum absolute atomic E-state index is 0.000303. The summed E-state index contributed by atoms with van der Waals surface area (Å²) in [4.78, 5) is 21.8. The molecule has 3 heterocycles. The SMILES string of the molecule is CC1CCN(c2nccc(C(F)(F)F)c2CNC(=O)Nc2cnc(CO)c(F)c2)CC1. The van der Waals surface area contributed by atoms with Gasteiger partial charge in [0.2, 0.25) is 0 Å². The van der Waals surface area contributed by atoms with Crippen molar-refractivity contribution in [3.05, 3.63) is 47.2 Å². The van der Waals surface area contributed by atoms with Crippen LogP contribution in [0.5, 0.6) is 0 Å². The lowest BCUT2D eigenvalue weighted by Gasteiger charge is -2.33. The minimum atomic E-state index is -4.61. The fraction of sp³-hybridized carbons (Fsp3) is 0.450. The number of hydrogen-bond acceptors (Lipinski definition) is 5. The van der Waals surface area contributed by atoms with Gasteiger partial charge >= 0.3 is 12.2 Å². The predicted octanol–water partition coefficient (Wildman–Crippen LogP) is 3.68. The molecule has 31 heavy (non-hydrogen) atoms. The van der Waals surface area contributed by atoms with Gasteiger partial charge in [-0.1, -0.05) is 6.92 Å². The molecule has 3 rings (SSSR count). The number of nitrogens with zero attached hydrogens (tertiary/aromatic N) is 3. The number of halogens is 4. The van der Waals surface area contributed by atoms with Gasteiger partial charge in [-0.05, 0) is 24.8 Å². The van der Waals surface area contributed by atoms with E-state index in [1.54, 1.807) is 4.90 Å². The molecule has 1 aliphatic rings. The number of piperidine rings is 1. The average Bonchev–Trinajstić information content (AvgIpc) is 2.72. The van der Waals surface area contributed by atoms with Gasteiger partial charge in [-0.2, -0.15) is 13.2 Å². The number of carbonyl (C=O) groups is 1. The predicted molar refractivity (Wildman–Crippen MR) is 106 cm³/mol. The fourth-order valence-corrected chi connectivity index (χ4v) is 3.41. The summed E-state index contributed by atoms with van der Waals surface area (Å²) in [5.74, 6) is -0.129. The van der Waals surface area contributed by atoms with Crippen LogP contribution < -0.4 is 15.5 Å². The van der Waals surface area contributed by atoms with Gasteiger partial charge in [-0.25, -0.2) is 14.2 Å². The first-order valence-corrected chi connectivity index (χ1v) is 9.79. The lowest BCUT2D eigenvalue weighted by atomic mass is 9.98. The van der Waals surface area contributed by atoms with E-state index in [9.17, 15) is 22.4 Å². The largest absolute Gasteiger partial charge is 0.416 e. The van der Waals surface area contributed by atoms with Gasteiger partial charge in [-0.15, -0.1) is 0 Å². The van der Waals surface area contributed by atoms with Crippen molar-refractivity contribution in [2.24, 2.45) is 5.92 Å². The summed E-state index contributed by atoms with van der Waals surface area (Å²) >= 11 is 0. The van der Waals surface area contributed by atoms with Crippen molar-refractivity contribution in [1.29, 1.82) is 0 Å². The first-order chi connectivity index (χ1) is 14.7. The van der Waals surface area contributed by atoms with Crippen molar-refractivity contribution in [2.75, 3.05) is 23.3 Å². The lowest BCUT2D eigenvalue weighted by molar-refractivity contribution is -0.138.